The van der Waals surface area contributed by atoms with Crippen LogP contribution < -0.4 is 25.0 Å². The van der Waals surface area contributed by atoms with Crippen LogP contribution in [-0.4, -0.2) is 31.0 Å². The first kappa shape index (κ1) is 21.2. The average molecular weight is 431 g/mol. The van der Waals surface area contributed by atoms with Gasteiger partial charge in [-0.1, -0.05) is 12.1 Å². The topological polar surface area (TPSA) is 79.9 Å². The second-order valence-electron chi connectivity index (χ2n) is 7.39. The highest BCUT2D eigenvalue weighted by Crippen LogP contribution is 2.30. The van der Waals surface area contributed by atoms with Crippen molar-refractivity contribution in [3.63, 3.8) is 0 Å². The first-order valence-electron chi connectivity index (χ1n) is 10.5. The molecule has 0 unspecified atom stereocenters. The van der Waals surface area contributed by atoms with Gasteiger partial charge in [0.1, 0.15) is 29.8 Å². The van der Waals surface area contributed by atoms with Gasteiger partial charge < -0.3 is 20.1 Å². The van der Waals surface area contributed by atoms with Gasteiger partial charge in [-0.25, -0.2) is 0 Å². The number of carbonyl (C=O) groups excluding carboxylic acids is 2. The molecule has 1 atom stereocenters. The van der Waals surface area contributed by atoms with Gasteiger partial charge >= 0.3 is 0 Å². The van der Waals surface area contributed by atoms with Crippen LogP contribution in [0.25, 0.3) is 0 Å². The van der Waals surface area contributed by atoms with Crippen LogP contribution in [0.2, 0.25) is 0 Å². The quantitative estimate of drug-likeness (QED) is 0.569. The summed E-state index contributed by atoms with van der Waals surface area (Å²) in [4.78, 5) is 26.6. The Kier molecular flexibility index (Phi) is 6.26. The zero-order valence-electron chi connectivity index (χ0n) is 18.0. The Labute approximate surface area is 187 Å². The second-order valence-corrected chi connectivity index (χ2v) is 7.39. The van der Waals surface area contributed by atoms with E-state index in [0.29, 0.717) is 29.5 Å². The Morgan fingerprint density at radius 2 is 1.62 bits per heavy atom. The minimum Gasteiger partial charge on any atom is -0.494 e. The predicted molar refractivity (Wildman–Crippen MR) is 125 cm³/mol. The largest absolute Gasteiger partial charge is 0.494 e. The van der Waals surface area contributed by atoms with E-state index in [-0.39, 0.29) is 18.4 Å². The summed E-state index contributed by atoms with van der Waals surface area (Å²) in [6, 6.07) is 21.6. The maximum absolute atomic E-state index is 13.0. The Bertz CT molecular complexity index is 1100. The first-order valence-corrected chi connectivity index (χ1v) is 10.5. The minimum absolute atomic E-state index is 0.00324. The summed E-state index contributed by atoms with van der Waals surface area (Å²) < 4.78 is 11.3. The van der Waals surface area contributed by atoms with E-state index in [1.54, 1.807) is 13.0 Å². The average Bonchev–Trinajstić information content (AvgIpc) is 2.80. The van der Waals surface area contributed by atoms with Crippen molar-refractivity contribution in [2.45, 2.75) is 19.9 Å². The van der Waals surface area contributed by atoms with Gasteiger partial charge in [0.2, 0.25) is 11.8 Å². The van der Waals surface area contributed by atoms with Crippen molar-refractivity contribution in [3.8, 4) is 17.2 Å². The van der Waals surface area contributed by atoms with Crippen molar-refractivity contribution in [1.29, 1.82) is 0 Å². The summed E-state index contributed by atoms with van der Waals surface area (Å²) >= 11 is 0. The van der Waals surface area contributed by atoms with E-state index in [2.05, 4.69) is 10.6 Å². The molecule has 1 aliphatic heterocycles. The second kappa shape index (κ2) is 9.43. The molecule has 2 amide bonds. The highest BCUT2D eigenvalue weighted by molar-refractivity contribution is 6.11. The van der Waals surface area contributed by atoms with E-state index < -0.39 is 6.04 Å². The number of benzene rings is 3. The standard InChI is InChI=1S/C25H25N3O4/c1-3-31-19-12-14-21(15-13-19)32-20-10-8-18(9-11-20)26-17(2)25(30)28-16-24(29)27-22-6-4-5-7-23(22)28/h4-15,17,26H,3,16H2,1-2H3,(H,27,29)/t17-/m1/s1. The third-order valence-corrected chi connectivity index (χ3v) is 5.02. The van der Waals surface area contributed by atoms with Gasteiger partial charge in [-0.2, -0.15) is 0 Å². The summed E-state index contributed by atoms with van der Waals surface area (Å²) in [6.07, 6.45) is 0. The number of fused-ring (bicyclic) bond motifs is 1. The molecule has 3 aromatic rings. The van der Waals surface area contributed by atoms with Crippen LogP contribution in [-0.2, 0) is 9.59 Å². The zero-order chi connectivity index (χ0) is 22.5. The lowest BCUT2D eigenvalue weighted by Crippen LogP contribution is -2.47. The number of nitrogens with zero attached hydrogens (tertiary/aromatic N) is 1. The van der Waals surface area contributed by atoms with Crippen molar-refractivity contribution in [3.05, 3.63) is 72.8 Å². The lowest BCUT2D eigenvalue weighted by atomic mass is 10.1. The van der Waals surface area contributed by atoms with E-state index >= 15 is 0 Å². The zero-order valence-corrected chi connectivity index (χ0v) is 18.0. The summed E-state index contributed by atoms with van der Waals surface area (Å²) in [5.41, 5.74) is 2.12. The van der Waals surface area contributed by atoms with Crippen LogP contribution in [0.1, 0.15) is 13.8 Å². The summed E-state index contributed by atoms with van der Waals surface area (Å²) in [6.45, 7) is 4.34. The molecule has 0 saturated carbocycles. The predicted octanol–water partition coefficient (Wildman–Crippen LogP) is 4.66. The Balaban J connectivity index is 1.39. The van der Waals surface area contributed by atoms with Crippen LogP contribution in [0.4, 0.5) is 17.1 Å². The molecule has 7 nitrogen and oxygen atoms in total. The number of para-hydroxylation sites is 2. The fourth-order valence-electron chi connectivity index (χ4n) is 3.50. The molecule has 0 aromatic heterocycles. The molecule has 0 spiro atoms. The van der Waals surface area contributed by atoms with Gasteiger partial charge in [0.15, 0.2) is 0 Å². The van der Waals surface area contributed by atoms with E-state index in [1.807, 2.05) is 73.7 Å². The van der Waals surface area contributed by atoms with Gasteiger partial charge in [-0.05, 0) is 74.5 Å². The number of anilines is 3. The van der Waals surface area contributed by atoms with Crippen molar-refractivity contribution in [2.24, 2.45) is 0 Å². The first-order chi connectivity index (χ1) is 15.5. The number of hydrogen-bond acceptors (Lipinski definition) is 5. The summed E-state index contributed by atoms with van der Waals surface area (Å²) in [5, 5.41) is 6.00. The van der Waals surface area contributed by atoms with Gasteiger partial charge in [-0.15, -0.1) is 0 Å². The molecule has 4 rings (SSSR count). The smallest absolute Gasteiger partial charge is 0.249 e. The van der Waals surface area contributed by atoms with Crippen LogP contribution in [0.5, 0.6) is 17.2 Å². The van der Waals surface area contributed by atoms with Gasteiger partial charge in [-0.3, -0.25) is 14.5 Å². The SMILES string of the molecule is CCOc1ccc(Oc2ccc(N[C@H](C)C(=O)N3CC(=O)Nc4ccccc43)cc2)cc1. The number of nitrogens with one attached hydrogen (secondary N) is 2. The molecule has 1 heterocycles. The fraction of sp³-hybridized carbons (Fsp3) is 0.200. The molecule has 7 heteroatoms. The van der Waals surface area contributed by atoms with Crippen molar-refractivity contribution in [1.82, 2.24) is 0 Å². The molecular weight excluding hydrogens is 406 g/mol. The molecule has 0 saturated heterocycles. The van der Waals surface area contributed by atoms with E-state index in [1.165, 1.54) is 4.90 Å². The maximum atomic E-state index is 13.0. The number of ether oxygens (including phenoxy) is 2. The Hall–Kier alpha value is -4.00. The molecule has 0 aliphatic carbocycles. The van der Waals surface area contributed by atoms with Crippen LogP contribution >= 0.6 is 0 Å². The minimum atomic E-state index is -0.521. The van der Waals surface area contributed by atoms with Crippen LogP contribution in [0.15, 0.2) is 72.8 Å². The number of rotatable bonds is 7. The monoisotopic (exact) mass is 431 g/mol. The van der Waals surface area contributed by atoms with E-state index in [4.69, 9.17) is 9.47 Å². The molecule has 2 N–H and O–H groups in total. The van der Waals surface area contributed by atoms with E-state index in [0.717, 1.165) is 11.4 Å². The third kappa shape index (κ3) is 4.83. The summed E-state index contributed by atoms with van der Waals surface area (Å²) in [5.74, 6) is 1.80. The van der Waals surface area contributed by atoms with E-state index in [9.17, 15) is 9.59 Å². The van der Waals surface area contributed by atoms with Crippen molar-refractivity contribution >= 4 is 28.9 Å². The van der Waals surface area contributed by atoms with Crippen LogP contribution in [0.3, 0.4) is 0 Å². The summed E-state index contributed by atoms with van der Waals surface area (Å²) in [7, 11) is 0. The molecular formula is C25H25N3O4. The van der Waals surface area contributed by atoms with Crippen LogP contribution in [0, 0.1) is 0 Å². The van der Waals surface area contributed by atoms with Gasteiger partial charge in [0.25, 0.3) is 0 Å². The fourth-order valence-corrected chi connectivity index (χ4v) is 3.50. The lowest BCUT2D eigenvalue weighted by Gasteiger charge is -2.31. The number of hydrogen-bond donors (Lipinski definition) is 2. The number of amides is 2. The van der Waals surface area contributed by atoms with Gasteiger partial charge in [0, 0.05) is 5.69 Å². The molecule has 0 radical (unpaired) electrons. The van der Waals surface area contributed by atoms with Gasteiger partial charge in [0.05, 0.1) is 18.0 Å². The molecule has 0 fully saturated rings. The highest BCUT2D eigenvalue weighted by atomic mass is 16.5. The lowest BCUT2D eigenvalue weighted by molar-refractivity contribution is -0.122. The number of carbonyl (C=O) groups is 2. The molecule has 3 aromatic carbocycles. The van der Waals surface area contributed by atoms with Crippen molar-refractivity contribution < 1.29 is 19.1 Å². The normalized spacial score (nSPS) is 13.6. The van der Waals surface area contributed by atoms with Crippen molar-refractivity contribution in [2.75, 3.05) is 28.7 Å². The molecule has 0 bridgehead atoms. The maximum Gasteiger partial charge on any atom is 0.249 e. The molecule has 164 valence electrons. The Morgan fingerprint density at radius 3 is 2.31 bits per heavy atom. The highest BCUT2D eigenvalue weighted by Gasteiger charge is 2.29. The molecule has 32 heavy (non-hydrogen) atoms. The third-order valence-electron chi connectivity index (χ3n) is 5.02. The Morgan fingerprint density at radius 1 is 1.00 bits per heavy atom. The molecule has 1 aliphatic rings.